The van der Waals surface area contributed by atoms with Crippen molar-refractivity contribution < 1.29 is 0 Å². The highest BCUT2D eigenvalue weighted by Crippen LogP contribution is 2.20. The topological polar surface area (TPSA) is 33.1 Å². The standard InChI is InChI=1S/C21H25BrN4/c22-19-8-7-17(15-26-16-24-20-5-1-2-6-21(20)26)13-18(19)14-23-9-12-25-10-3-4-11-25/h1-2,5-8,13,16,23H,3-4,9-12,14-15H2. The lowest BCUT2D eigenvalue weighted by Crippen LogP contribution is -2.29. The van der Waals surface area contributed by atoms with Crippen LogP contribution in [0.1, 0.15) is 24.0 Å². The van der Waals surface area contributed by atoms with Crippen LogP contribution in [0.5, 0.6) is 0 Å². The average Bonchev–Trinajstić information content (AvgIpc) is 3.31. The predicted octanol–water partition coefficient (Wildman–Crippen LogP) is 4.03. The number of para-hydroxylation sites is 2. The number of hydrogen-bond acceptors (Lipinski definition) is 3. The monoisotopic (exact) mass is 412 g/mol. The van der Waals surface area contributed by atoms with E-state index < -0.39 is 0 Å². The molecule has 3 aromatic rings. The zero-order valence-electron chi connectivity index (χ0n) is 15.0. The molecule has 2 heterocycles. The van der Waals surface area contributed by atoms with Crippen molar-refractivity contribution in [2.75, 3.05) is 26.2 Å². The van der Waals surface area contributed by atoms with Gasteiger partial charge < -0.3 is 14.8 Å². The number of imidazole rings is 1. The van der Waals surface area contributed by atoms with E-state index in [1.807, 2.05) is 12.4 Å². The first kappa shape index (κ1) is 17.7. The molecule has 1 aromatic heterocycles. The van der Waals surface area contributed by atoms with Crippen molar-refractivity contribution in [1.82, 2.24) is 19.8 Å². The predicted molar refractivity (Wildman–Crippen MR) is 110 cm³/mol. The Morgan fingerprint density at radius 3 is 2.81 bits per heavy atom. The number of nitrogens with one attached hydrogen (secondary N) is 1. The van der Waals surface area contributed by atoms with Gasteiger partial charge in [-0.3, -0.25) is 0 Å². The summed E-state index contributed by atoms with van der Waals surface area (Å²) in [4.78, 5) is 7.03. The number of nitrogens with zero attached hydrogens (tertiary/aromatic N) is 3. The quantitative estimate of drug-likeness (QED) is 0.594. The molecular weight excluding hydrogens is 388 g/mol. The van der Waals surface area contributed by atoms with Crippen LogP contribution < -0.4 is 5.32 Å². The van der Waals surface area contributed by atoms with Crippen LogP contribution in [0.25, 0.3) is 11.0 Å². The van der Waals surface area contributed by atoms with E-state index in [-0.39, 0.29) is 0 Å². The average molecular weight is 413 g/mol. The minimum absolute atomic E-state index is 0.842. The fraction of sp³-hybridized carbons (Fsp3) is 0.381. The minimum Gasteiger partial charge on any atom is -0.326 e. The zero-order valence-corrected chi connectivity index (χ0v) is 16.6. The van der Waals surface area contributed by atoms with Crippen LogP contribution in [0.2, 0.25) is 0 Å². The van der Waals surface area contributed by atoms with Crippen molar-refractivity contribution >= 4 is 27.0 Å². The number of hydrogen-bond donors (Lipinski definition) is 1. The van der Waals surface area contributed by atoms with Gasteiger partial charge in [0.2, 0.25) is 0 Å². The maximum atomic E-state index is 4.49. The normalized spacial score (nSPS) is 15.1. The molecule has 1 fully saturated rings. The maximum Gasteiger partial charge on any atom is 0.0961 e. The number of aromatic nitrogens is 2. The van der Waals surface area contributed by atoms with Crippen molar-refractivity contribution in [3.8, 4) is 0 Å². The molecule has 0 bridgehead atoms. The fourth-order valence-electron chi connectivity index (χ4n) is 3.66. The highest BCUT2D eigenvalue weighted by molar-refractivity contribution is 9.10. The Morgan fingerprint density at radius 1 is 1.08 bits per heavy atom. The van der Waals surface area contributed by atoms with Crippen LogP contribution in [0.4, 0.5) is 0 Å². The molecule has 0 aliphatic carbocycles. The third-order valence-electron chi connectivity index (χ3n) is 5.11. The van der Waals surface area contributed by atoms with Crippen LogP contribution in [0.3, 0.4) is 0 Å². The molecule has 4 rings (SSSR count). The van der Waals surface area contributed by atoms with Gasteiger partial charge in [0.25, 0.3) is 0 Å². The number of fused-ring (bicyclic) bond motifs is 1. The van der Waals surface area contributed by atoms with Crippen molar-refractivity contribution in [2.45, 2.75) is 25.9 Å². The summed E-state index contributed by atoms with van der Waals surface area (Å²) in [5, 5.41) is 3.59. The van der Waals surface area contributed by atoms with E-state index >= 15 is 0 Å². The van der Waals surface area contributed by atoms with Crippen LogP contribution in [-0.4, -0.2) is 40.6 Å². The van der Waals surface area contributed by atoms with Crippen LogP contribution in [-0.2, 0) is 13.1 Å². The lowest BCUT2D eigenvalue weighted by Gasteiger charge is -2.15. The first-order valence-corrected chi connectivity index (χ1v) is 10.2. The van der Waals surface area contributed by atoms with E-state index in [0.717, 1.165) is 31.7 Å². The molecule has 0 amide bonds. The summed E-state index contributed by atoms with van der Waals surface area (Å²) in [5.74, 6) is 0. The molecule has 0 radical (unpaired) electrons. The second-order valence-electron chi connectivity index (χ2n) is 7.01. The van der Waals surface area contributed by atoms with Gasteiger partial charge in [-0.2, -0.15) is 0 Å². The van der Waals surface area contributed by atoms with E-state index in [9.17, 15) is 0 Å². The molecule has 2 aromatic carbocycles. The van der Waals surface area contributed by atoms with E-state index in [1.54, 1.807) is 0 Å². The van der Waals surface area contributed by atoms with Gasteiger partial charge in [0, 0.05) is 30.7 Å². The smallest absolute Gasteiger partial charge is 0.0961 e. The number of rotatable bonds is 7. The van der Waals surface area contributed by atoms with Crippen LogP contribution in [0.15, 0.2) is 53.3 Å². The summed E-state index contributed by atoms with van der Waals surface area (Å²) in [6, 6.07) is 14.9. The summed E-state index contributed by atoms with van der Waals surface area (Å²) in [6.45, 7) is 6.46. The Bertz CT molecular complexity index is 867. The molecular formula is C21H25BrN4. The van der Waals surface area contributed by atoms with Crippen molar-refractivity contribution in [1.29, 1.82) is 0 Å². The van der Waals surface area contributed by atoms with Crippen molar-refractivity contribution in [3.05, 3.63) is 64.4 Å². The Kier molecular flexibility index (Phi) is 5.68. The van der Waals surface area contributed by atoms with Crippen molar-refractivity contribution in [2.24, 2.45) is 0 Å². The van der Waals surface area contributed by atoms with Crippen molar-refractivity contribution in [3.63, 3.8) is 0 Å². The van der Waals surface area contributed by atoms with Crippen LogP contribution in [0, 0.1) is 0 Å². The highest BCUT2D eigenvalue weighted by Gasteiger charge is 2.10. The third-order valence-corrected chi connectivity index (χ3v) is 5.88. The lowest BCUT2D eigenvalue weighted by molar-refractivity contribution is 0.335. The van der Waals surface area contributed by atoms with Gasteiger partial charge in [0.1, 0.15) is 0 Å². The molecule has 1 saturated heterocycles. The second kappa shape index (κ2) is 8.33. The second-order valence-corrected chi connectivity index (χ2v) is 7.87. The molecule has 136 valence electrons. The van der Waals surface area contributed by atoms with Gasteiger partial charge >= 0.3 is 0 Å². The Hall–Kier alpha value is -1.69. The molecule has 0 atom stereocenters. The Labute approximate surface area is 163 Å². The van der Waals surface area contributed by atoms with E-state index in [4.69, 9.17) is 0 Å². The number of likely N-dealkylation sites (tertiary alicyclic amines) is 1. The van der Waals surface area contributed by atoms with E-state index in [1.165, 1.54) is 47.0 Å². The minimum atomic E-state index is 0.842. The van der Waals surface area contributed by atoms with Gasteiger partial charge in [0.05, 0.1) is 17.4 Å². The van der Waals surface area contributed by atoms with E-state index in [0.29, 0.717) is 0 Å². The number of benzene rings is 2. The summed E-state index contributed by atoms with van der Waals surface area (Å²) in [7, 11) is 0. The van der Waals surface area contributed by atoms with Gasteiger partial charge in [0.15, 0.2) is 0 Å². The largest absolute Gasteiger partial charge is 0.326 e. The van der Waals surface area contributed by atoms with Gasteiger partial charge in [-0.25, -0.2) is 4.98 Å². The molecule has 0 unspecified atom stereocenters. The van der Waals surface area contributed by atoms with E-state index in [2.05, 4.69) is 72.1 Å². The summed E-state index contributed by atoms with van der Waals surface area (Å²) in [5.41, 5.74) is 4.84. The van der Waals surface area contributed by atoms with Gasteiger partial charge in [-0.05, 0) is 55.3 Å². The Morgan fingerprint density at radius 2 is 1.92 bits per heavy atom. The van der Waals surface area contributed by atoms with Gasteiger partial charge in [-0.15, -0.1) is 0 Å². The maximum absolute atomic E-state index is 4.49. The molecule has 0 spiro atoms. The SMILES string of the molecule is Brc1ccc(Cn2cnc3ccccc32)cc1CNCCN1CCCC1. The highest BCUT2D eigenvalue weighted by atomic mass is 79.9. The zero-order chi connectivity index (χ0) is 17.8. The summed E-state index contributed by atoms with van der Waals surface area (Å²) >= 11 is 3.70. The molecule has 5 heteroatoms. The molecule has 0 saturated carbocycles. The third kappa shape index (κ3) is 4.17. The summed E-state index contributed by atoms with van der Waals surface area (Å²) < 4.78 is 3.38. The molecule has 1 N–H and O–H groups in total. The lowest BCUT2D eigenvalue weighted by atomic mass is 10.1. The first-order valence-electron chi connectivity index (χ1n) is 9.40. The van der Waals surface area contributed by atoms with Crippen LogP contribution >= 0.6 is 15.9 Å². The molecule has 1 aliphatic heterocycles. The fourth-order valence-corrected chi connectivity index (χ4v) is 4.05. The van der Waals surface area contributed by atoms with Gasteiger partial charge in [-0.1, -0.05) is 40.2 Å². The first-order chi connectivity index (χ1) is 12.8. The number of halogens is 1. The molecule has 1 aliphatic rings. The molecule has 26 heavy (non-hydrogen) atoms. The Balaban J connectivity index is 1.39. The summed E-state index contributed by atoms with van der Waals surface area (Å²) in [6.07, 6.45) is 4.65. The molecule has 4 nitrogen and oxygen atoms in total.